The molecule has 3 heteroatoms. The topological polar surface area (TPSA) is 24.5 Å². The number of piperidine rings is 3. The second-order valence-electron chi connectivity index (χ2n) is 8.59. The molecule has 0 radical (unpaired) electrons. The Morgan fingerprint density at radius 1 is 0.806 bits per heavy atom. The van der Waals surface area contributed by atoms with Crippen LogP contribution in [-0.2, 0) is 13.0 Å². The second-order valence-corrected chi connectivity index (χ2v) is 8.59. The molecule has 6 rings (SSSR count). The molecule has 31 heavy (non-hydrogen) atoms. The Balaban J connectivity index is 0.000000158. The summed E-state index contributed by atoms with van der Waals surface area (Å²) in [7, 11) is 1.74. The van der Waals surface area contributed by atoms with Crippen LogP contribution in [0, 0.1) is 5.92 Å². The molecule has 3 aliphatic heterocycles. The van der Waals surface area contributed by atoms with Gasteiger partial charge in [0, 0.05) is 24.7 Å². The Kier molecular flexibility index (Phi) is 7.76. The molecular formula is C28H34N2O. The lowest BCUT2D eigenvalue weighted by Crippen LogP contribution is -2.55. The van der Waals surface area contributed by atoms with E-state index in [4.69, 9.17) is 4.74 Å². The molecule has 3 saturated heterocycles. The maximum absolute atomic E-state index is 5.40. The molecule has 3 aromatic carbocycles. The van der Waals surface area contributed by atoms with Crippen molar-refractivity contribution in [1.82, 2.24) is 10.2 Å². The van der Waals surface area contributed by atoms with E-state index in [1.807, 2.05) is 12.1 Å². The predicted molar refractivity (Wildman–Crippen MR) is 128 cm³/mol. The van der Waals surface area contributed by atoms with Gasteiger partial charge < -0.3 is 15.0 Å². The van der Waals surface area contributed by atoms with E-state index in [1.165, 1.54) is 49.2 Å². The summed E-state index contributed by atoms with van der Waals surface area (Å²) in [5.41, 5.74) is 4.00. The average molecular weight is 415 g/mol. The molecule has 1 N–H and O–H groups in total. The van der Waals surface area contributed by atoms with Gasteiger partial charge >= 0.3 is 0 Å². The van der Waals surface area contributed by atoms with Gasteiger partial charge in [0.2, 0.25) is 0 Å². The van der Waals surface area contributed by atoms with Crippen LogP contribution in [0.4, 0.5) is 0 Å². The minimum Gasteiger partial charge on any atom is -0.496 e. The van der Waals surface area contributed by atoms with Crippen molar-refractivity contribution < 1.29 is 4.74 Å². The fourth-order valence-electron chi connectivity index (χ4n) is 4.71. The number of ether oxygens (including phenoxy) is 1. The average Bonchev–Trinajstić information content (AvgIpc) is 2.85. The number of methoxy groups -OCH3 is 1. The summed E-state index contributed by atoms with van der Waals surface area (Å²) < 4.78 is 5.40. The summed E-state index contributed by atoms with van der Waals surface area (Å²) in [6, 6.07) is 30.0. The Labute approximate surface area is 187 Å². The first kappa shape index (κ1) is 21.6. The number of para-hydroxylation sites is 1. The molecule has 0 saturated carbocycles. The highest BCUT2D eigenvalue weighted by atomic mass is 16.5. The van der Waals surface area contributed by atoms with Crippen LogP contribution in [-0.4, -0.2) is 37.7 Å². The first-order valence-corrected chi connectivity index (χ1v) is 11.5. The zero-order valence-electron chi connectivity index (χ0n) is 18.5. The first-order chi connectivity index (χ1) is 15.3. The van der Waals surface area contributed by atoms with Gasteiger partial charge in [-0.25, -0.2) is 0 Å². The van der Waals surface area contributed by atoms with Crippen LogP contribution in [0.5, 0.6) is 5.75 Å². The summed E-state index contributed by atoms with van der Waals surface area (Å²) in [4.78, 5) is 2.58. The van der Waals surface area contributed by atoms with Crippen molar-refractivity contribution in [2.45, 2.75) is 31.8 Å². The van der Waals surface area contributed by atoms with Crippen LogP contribution in [0.25, 0.3) is 0 Å². The third-order valence-electron chi connectivity index (χ3n) is 6.50. The first-order valence-electron chi connectivity index (χ1n) is 11.5. The van der Waals surface area contributed by atoms with Gasteiger partial charge in [-0.2, -0.15) is 0 Å². The van der Waals surface area contributed by atoms with Gasteiger partial charge in [-0.3, -0.25) is 0 Å². The van der Waals surface area contributed by atoms with Crippen molar-refractivity contribution in [1.29, 1.82) is 0 Å². The van der Waals surface area contributed by atoms with E-state index in [-0.39, 0.29) is 0 Å². The fraction of sp³-hybridized carbons (Fsp3) is 0.357. The summed E-state index contributed by atoms with van der Waals surface area (Å²) >= 11 is 0. The summed E-state index contributed by atoms with van der Waals surface area (Å²) in [6.07, 6.45) is 3.76. The molecule has 2 bridgehead atoms. The van der Waals surface area contributed by atoms with E-state index in [0.717, 1.165) is 24.6 Å². The molecule has 3 nitrogen and oxygen atoms in total. The molecule has 0 unspecified atom stereocenters. The number of rotatable bonds is 6. The van der Waals surface area contributed by atoms with Gasteiger partial charge in [-0.05, 0) is 55.5 Å². The highest BCUT2D eigenvalue weighted by Crippen LogP contribution is 2.28. The van der Waals surface area contributed by atoms with Crippen molar-refractivity contribution >= 4 is 0 Å². The zero-order chi connectivity index (χ0) is 21.3. The molecular weight excluding hydrogens is 380 g/mol. The van der Waals surface area contributed by atoms with Crippen molar-refractivity contribution in [3.8, 4) is 5.75 Å². The molecule has 3 heterocycles. The molecule has 3 fully saturated rings. The van der Waals surface area contributed by atoms with Crippen molar-refractivity contribution in [3.63, 3.8) is 0 Å². The Hall–Kier alpha value is -2.62. The van der Waals surface area contributed by atoms with Gasteiger partial charge in [0.1, 0.15) is 5.75 Å². The van der Waals surface area contributed by atoms with Crippen LogP contribution >= 0.6 is 0 Å². The van der Waals surface area contributed by atoms with E-state index in [1.54, 1.807) is 7.11 Å². The highest BCUT2D eigenvalue weighted by molar-refractivity contribution is 5.33. The molecule has 0 amide bonds. The Bertz CT molecular complexity index is 867. The number of hydrogen-bond donors (Lipinski definition) is 1. The fourth-order valence-corrected chi connectivity index (χ4v) is 4.71. The van der Waals surface area contributed by atoms with Crippen molar-refractivity contribution in [2.24, 2.45) is 5.92 Å². The monoisotopic (exact) mass is 414 g/mol. The van der Waals surface area contributed by atoms with E-state index in [2.05, 4.69) is 83.0 Å². The molecule has 0 aromatic heterocycles. The van der Waals surface area contributed by atoms with E-state index in [9.17, 15) is 0 Å². The van der Waals surface area contributed by atoms with Gasteiger partial charge in [0.25, 0.3) is 0 Å². The minimum atomic E-state index is 0.664. The summed E-state index contributed by atoms with van der Waals surface area (Å²) in [5.74, 6) is 1.87. The number of benzene rings is 3. The third-order valence-corrected chi connectivity index (χ3v) is 6.50. The van der Waals surface area contributed by atoms with E-state index < -0.39 is 0 Å². The lowest BCUT2D eigenvalue weighted by atomic mass is 9.84. The van der Waals surface area contributed by atoms with Crippen LogP contribution in [0.2, 0.25) is 0 Å². The molecule has 1 atom stereocenters. The lowest BCUT2D eigenvalue weighted by Gasteiger charge is -2.45. The van der Waals surface area contributed by atoms with Gasteiger partial charge in [0.05, 0.1) is 7.11 Å². The maximum atomic E-state index is 5.40. The van der Waals surface area contributed by atoms with Gasteiger partial charge in [-0.15, -0.1) is 0 Å². The smallest absolute Gasteiger partial charge is 0.123 e. The van der Waals surface area contributed by atoms with Crippen LogP contribution in [0.3, 0.4) is 0 Å². The quantitative estimate of drug-likeness (QED) is 0.603. The number of nitrogens with one attached hydrogen (secondary N) is 1. The van der Waals surface area contributed by atoms with Crippen molar-refractivity contribution in [3.05, 3.63) is 102 Å². The van der Waals surface area contributed by atoms with Gasteiger partial charge in [0.15, 0.2) is 0 Å². The predicted octanol–water partition coefficient (Wildman–Crippen LogP) is 5.16. The maximum Gasteiger partial charge on any atom is 0.123 e. The number of nitrogens with zero attached hydrogens (tertiary/aromatic N) is 1. The number of hydrogen-bond acceptors (Lipinski definition) is 3. The van der Waals surface area contributed by atoms with Crippen LogP contribution < -0.4 is 10.1 Å². The van der Waals surface area contributed by atoms with E-state index >= 15 is 0 Å². The Morgan fingerprint density at radius 3 is 1.94 bits per heavy atom. The molecule has 3 aliphatic rings. The minimum absolute atomic E-state index is 0.664. The van der Waals surface area contributed by atoms with Crippen molar-refractivity contribution in [2.75, 3.05) is 26.7 Å². The summed E-state index contributed by atoms with van der Waals surface area (Å²) in [5, 5.41) is 3.72. The SMILES string of the molecule is COc1ccccc1CN[C@@H]1CN2CCC1CC2.c1ccc(Cc2ccccc2)cc1. The third kappa shape index (κ3) is 6.19. The second kappa shape index (κ2) is 11.1. The molecule has 0 aliphatic carbocycles. The zero-order valence-corrected chi connectivity index (χ0v) is 18.5. The molecule has 0 spiro atoms. The van der Waals surface area contributed by atoms with E-state index in [0.29, 0.717) is 6.04 Å². The normalized spacial score (nSPS) is 21.8. The lowest BCUT2D eigenvalue weighted by molar-refractivity contribution is 0.0719. The number of fused-ring (bicyclic) bond motifs is 3. The largest absolute Gasteiger partial charge is 0.496 e. The summed E-state index contributed by atoms with van der Waals surface area (Å²) in [6.45, 7) is 4.74. The highest BCUT2D eigenvalue weighted by Gasteiger charge is 2.33. The Morgan fingerprint density at radius 2 is 1.39 bits per heavy atom. The molecule has 162 valence electrons. The van der Waals surface area contributed by atoms with Crippen LogP contribution in [0.1, 0.15) is 29.5 Å². The molecule has 3 aromatic rings. The van der Waals surface area contributed by atoms with Crippen LogP contribution in [0.15, 0.2) is 84.9 Å². The standard InChI is InChI=1S/C15H22N2O.C13H12/c1-18-15-5-3-2-4-13(15)10-16-14-11-17-8-6-12(14)7-9-17;1-3-7-12(8-4-1)11-13-9-5-2-6-10-13/h2-5,12,14,16H,6-11H2,1H3;1-10H,11H2/t14-;/m1./s1. The van der Waals surface area contributed by atoms with Gasteiger partial charge in [-0.1, -0.05) is 78.9 Å².